The van der Waals surface area contributed by atoms with Crippen molar-refractivity contribution in [2.45, 2.75) is 77.8 Å². The summed E-state index contributed by atoms with van der Waals surface area (Å²) in [5.41, 5.74) is 1.08. The summed E-state index contributed by atoms with van der Waals surface area (Å²) >= 11 is 0. The Labute approximate surface area is 151 Å². The molecule has 1 rings (SSSR count). The third-order valence-corrected chi connectivity index (χ3v) is 14.7. The van der Waals surface area contributed by atoms with Gasteiger partial charge in [0.15, 0.2) is 0 Å². The summed E-state index contributed by atoms with van der Waals surface area (Å²) in [5.74, 6) is 1.93. The van der Waals surface area contributed by atoms with E-state index in [9.17, 15) is 0 Å². The van der Waals surface area contributed by atoms with Crippen molar-refractivity contribution in [2.24, 2.45) is 0 Å². The van der Waals surface area contributed by atoms with E-state index >= 15 is 0 Å². The Balaban J connectivity index is 3.19. The third-order valence-electron chi connectivity index (χ3n) is 5.67. The highest BCUT2D eigenvalue weighted by Crippen LogP contribution is 2.32. The summed E-state index contributed by atoms with van der Waals surface area (Å²) in [6.07, 6.45) is 1.89. The Hall–Kier alpha value is -1.01. The Morgan fingerprint density at radius 2 is 1.04 bits per heavy atom. The molecular formula is C20H36O2Si2. The van der Waals surface area contributed by atoms with Crippen LogP contribution in [-0.2, 0) is 0 Å². The van der Waals surface area contributed by atoms with Crippen LogP contribution in [0.1, 0.15) is 47.1 Å². The van der Waals surface area contributed by atoms with E-state index in [1.807, 2.05) is 6.08 Å². The van der Waals surface area contributed by atoms with Gasteiger partial charge >= 0.3 is 0 Å². The fourth-order valence-electron chi connectivity index (χ4n) is 3.26. The van der Waals surface area contributed by atoms with E-state index in [-0.39, 0.29) is 0 Å². The van der Waals surface area contributed by atoms with Crippen LogP contribution < -0.4 is 8.85 Å². The van der Waals surface area contributed by atoms with Crippen LogP contribution in [0.2, 0.25) is 36.3 Å². The lowest BCUT2D eigenvalue weighted by Crippen LogP contribution is -2.40. The van der Waals surface area contributed by atoms with E-state index in [4.69, 9.17) is 8.85 Å². The Bertz CT molecular complexity index is 464. The van der Waals surface area contributed by atoms with Gasteiger partial charge in [0.1, 0.15) is 11.5 Å². The molecule has 0 aliphatic rings. The predicted octanol–water partition coefficient (Wildman–Crippen LogP) is 7.10. The summed E-state index contributed by atoms with van der Waals surface area (Å²) in [6, 6.07) is 13.2. The van der Waals surface area contributed by atoms with Crippen molar-refractivity contribution in [3.05, 3.63) is 30.3 Å². The first-order valence-electron chi connectivity index (χ1n) is 9.61. The summed E-state index contributed by atoms with van der Waals surface area (Å²) in [6.45, 7) is 17.5. The van der Waals surface area contributed by atoms with Gasteiger partial charge in [-0.25, -0.2) is 0 Å². The van der Waals surface area contributed by atoms with Crippen LogP contribution in [0.15, 0.2) is 24.8 Å². The van der Waals surface area contributed by atoms with Gasteiger partial charge in [-0.2, -0.15) is 0 Å². The summed E-state index contributed by atoms with van der Waals surface area (Å²) in [7, 11) is -3.36. The van der Waals surface area contributed by atoms with Gasteiger partial charge in [-0.1, -0.05) is 54.2 Å². The lowest BCUT2D eigenvalue weighted by atomic mass is 10.2. The van der Waals surface area contributed by atoms with Crippen LogP contribution in [0.5, 0.6) is 11.5 Å². The fourth-order valence-corrected chi connectivity index (χ4v) is 8.36. The van der Waals surface area contributed by atoms with Gasteiger partial charge in [0.05, 0.1) is 0 Å². The second-order valence-corrected chi connectivity index (χ2v) is 16.0. The molecule has 136 valence electrons. The van der Waals surface area contributed by atoms with Crippen molar-refractivity contribution in [1.29, 1.82) is 0 Å². The van der Waals surface area contributed by atoms with Crippen LogP contribution in [-0.4, -0.2) is 16.6 Å². The van der Waals surface area contributed by atoms with Crippen molar-refractivity contribution < 1.29 is 8.85 Å². The van der Waals surface area contributed by atoms with Gasteiger partial charge < -0.3 is 8.85 Å². The molecule has 24 heavy (non-hydrogen) atoms. The van der Waals surface area contributed by atoms with Crippen LogP contribution in [0.25, 0.3) is 6.08 Å². The molecule has 1 aromatic carbocycles. The Morgan fingerprint density at radius 3 is 1.29 bits per heavy atom. The monoisotopic (exact) mass is 364 g/mol. The summed E-state index contributed by atoms with van der Waals surface area (Å²) < 4.78 is 13.1. The molecule has 0 saturated carbocycles. The van der Waals surface area contributed by atoms with Gasteiger partial charge in [-0.3, -0.25) is 0 Å². The van der Waals surface area contributed by atoms with Gasteiger partial charge in [-0.05, 0) is 54.0 Å². The van der Waals surface area contributed by atoms with Crippen molar-refractivity contribution in [3.8, 4) is 11.5 Å². The molecule has 4 heteroatoms. The molecule has 0 saturated heterocycles. The molecule has 0 radical (unpaired) electrons. The Kier molecular flexibility index (Phi) is 8.30. The first kappa shape index (κ1) is 21.0. The largest absolute Gasteiger partial charge is 0.543 e. The van der Waals surface area contributed by atoms with E-state index in [0.29, 0.717) is 0 Å². The number of hydrogen-bond acceptors (Lipinski definition) is 2. The van der Waals surface area contributed by atoms with Crippen molar-refractivity contribution in [3.63, 3.8) is 0 Å². The molecule has 2 nitrogen and oxygen atoms in total. The molecule has 0 aromatic heterocycles. The van der Waals surface area contributed by atoms with E-state index in [1.54, 1.807) is 0 Å². The van der Waals surface area contributed by atoms with Crippen molar-refractivity contribution >= 4 is 22.7 Å². The van der Waals surface area contributed by atoms with E-state index in [2.05, 4.69) is 66.3 Å². The minimum Gasteiger partial charge on any atom is -0.543 e. The average molecular weight is 365 g/mol. The topological polar surface area (TPSA) is 18.5 Å². The SMILES string of the molecule is C=Cc1cc(O[Si](CC)(CC)CC)cc(O[Si](CC)(CC)CC)c1. The highest BCUT2D eigenvalue weighted by molar-refractivity contribution is 6.74. The number of benzene rings is 1. The quantitative estimate of drug-likeness (QED) is 0.390. The highest BCUT2D eigenvalue weighted by Gasteiger charge is 2.32. The molecule has 0 unspecified atom stereocenters. The lowest BCUT2D eigenvalue weighted by molar-refractivity contribution is 0.509. The van der Waals surface area contributed by atoms with Crippen LogP contribution in [0.3, 0.4) is 0 Å². The second kappa shape index (κ2) is 9.47. The zero-order valence-corrected chi connectivity index (χ0v) is 18.6. The third kappa shape index (κ3) is 4.99. The van der Waals surface area contributed by atoms with Gasteiger partial charge in [0.2, 0.25) is 16.6 Å². The van der Waals surface area contributed by atoms with Crippen LogP contribution in [0, 0.1) is 0 Å². The molecule has 0 spiro atoms. The molecule has 0 atom stereocenters. The smallest absolute Gasteiger partial charge is 0.250 e. The number of hydrogen-bond donors (Lipinski definition) is 0. The molecule has 1 aromatic rings. The maximum atomic E-state index is 6.57. The molecule has 0 fully saturated rings. The van der Waals surface area contributed by atoms with Crippen LogP contribution in [0.4, 0.5) is 0 Å². The highest BCUT2D eigenvalue weighted by atomic mass is 28.4. The van der Waals surface area contributed by atoms with Crippen LogP contribution >= 0.6 is 0 Å². The second-order valence-electron chi connectivity index (χ2n) is 6.63. The zero-order valence-electron chi connectivity index (χ0n) is 16.6. The number of rotatable bonds is 11. The molecule has 0 bridgehead atoms. The molecule has 0 heterocycles. The minimum atomic E-state index is -1.68. The lowest BCUT2D eigenvalue weighted by Gasteiger charge is -2.31. The zero-order chi connectivity index (χ0) is 18.2. The molecule has 0 aliphatic heterocycles. The standard InChI is InChI=1S/C20H36O2Si2/c1-8-18-15-19(21-23(9-2,10-3)11-4)17-20(16-18)22-24(12-5,13-6)14-7/h8,15-17H,1,9-14H2,2-7H3. The van der Waals surface area contributed by atoms with E-state index < -0.39 is 16.6 Å². The molecular weight excluding hydrogens is 328 g/mol. The fraction of sp³-hybridized carbons (Fsp3) is 0.600. The van der Waals surface area contributed by atoms with Gasteiger partial charge in [0.25, 0.3) is 0 Å². The van der Waals surface area contributed by atoms with Gasteiger partial charge in [0, 0.05) is 6.07 Å². The normalized spacial score (nSPS) is 12.1. The molecule has 0 amide bonds. The average Bonchev–Trinajstić information content (AvgIpc) is 2.64. The van der Waals surface area contributed by atoms with Crippen molar-refractivity contribution in [2.75, 3.05) is 0 Å². The molecule has 0 aliphatic carbocycles. The maximum Gasteiger partial charge on any atom is 0.250 e. The van der Waals surface area contributed by atoms with E-state index in [0.717, 1.165) is 53.3 Å². The van der Waals surface area contributed by atoms with Gasteiger partial charge in [-0.15, -0.1) is 0 Å². The summed E-state index contributed by atoms with van der Waals surface area (Å²) in [5, 5.41) is 0. The first-order valence-corrected chi connectivity index (χ1v) is 14.7. The predicted molar refractivity (Wildman–Crippen MR) is 112 cm³/mol. The molecule has 0 N–H and O–H groups in total. The maximum absolute atomic E-state index is 6.57. The van der Waals surface area contributed by atoms with E-state index in [1.165, 1.54) is 0 Å². The minimum absolute atomic E-state index is 0.964. The Morgan fingerprint density at radius 1 is 0.708 bits per heavy atom. The summed E-state index contributed by atoms with van der Waals surface area (Å²) in [4.78, 5) is 0. The van der Waals surface area contributed by atoms with Crippen molar-refractivity contribution in [1.82, 2.24) is 0 Å². The first-order chi connectivity index (χ1) is 11.5.